The van der Waals surface area contributed by atoms with Crippen molar-refractivity contribution in [2.45, 2.75) is 6.92 Å². The molecule has 0 saturated heterocycles. The molecule has 0 heterocycles. The minimum Gasteiger partial charge on any atom is -0.495 e. The van der Waals surface area contributed by atoms with Crippen LogP contribution >= 0.6 is 23.4 Å². The number of ether oxygens (including phenoxy) is 1. The summed E-state index contributed by atoms with van der Waals surface area (Å²) in [5.41, 5.74) is 2.19. The molecule has 0 radical (unpaired) electrons. The summed E-state index contributed by atoms with van der Waals surface area (Å²) < 4.78 is 5.18. The Bertz CT molecular complexity index is 768. The number of carbonyl (C=O) groups excluding carboxylic acids is 2. The molecule has 0 aliphatic heterocycles. The monoisotopic (exact) mass is 378 g/mol. The molecule has 0 spiro atoms. The smallest absolute Gasteiger partial charge is 0.234 e. The van der Waals surface area contributed by atoms with E-state index in [1.807, 2.05) is 25.1 Å². The fourth-order valence-corrected chi connectivity index (χ4v) is 2.84. The second-order valence-corrected chi connectivity index (χ2v) is 6.65. The van der Waals surface area contributed by atoms with E-state index in [2.05, 4.69) is 10.6 Å². The average Bonchev–Trinajstić information content (AvgIpc) is 2.58. The van der Waals surface area contributed by atoms with Gasteiger partial charge in [0.2, 0.25) is 11.8 Å². The molecule has 25 heavy (non-hydrogen) atoms. The van der Waals surface area contributed by atoms with E-state index < -0.39 is 0 Å². The highest BCUT2D eigenvalue weighted by Crippen LogP contribution is 2.23. The number of hydrogen-bond donors (Lipinski definition) is 2. The van der Waals surface area contributed by atoms with Crippen molar-refractivity contribution in [3.05, 3.63) is 53.1 Å². The van der Waals surface area contributed by atoms with Gasteiger partial charge in [0, 0.05) is 10.7 Å². The molecular weight excluding hydrogens is 360 g/mol. The quantitative estimate of drug-likeness (QED) is 0.765. The number of aryl methyl sites for hydroxylation is 1. The first-order valence-corrected chi connectivity index (χ1v) is 9.09. The Kier molecular flexibility index (Phi) is 7.16. The van der Waals surface area contributed by atoms with Crippen LogP contribution in [0, 0.1) is 6.92 Å². The maximum absolute atomic E-state index is 12.0. The first-order valence-electron chi connectivity index (χ1n) is 7.56. The number of benzene rings is 2. The maximum Gasteiger partial charge on any atom is 0.234 e. The van der Waals surface area contributed by atoms with Crippen LogP contribution in [0.5, 0.6) is 5.75 Å². The number of halogens is 1. The number of hydrogen-bond acceptors (Lipinski definition) is 4. The molecule has 0 unspecified atom stereocenters. The predicted octanol–water partition coefficient (Wildman–Crippen LogP) is 3.97. The lowest BCUT2D eigenvalue weighted by Gasteiger charge is -2.10. The maximum atomic E-state index is 12.0. The lowest BCUT2D eigenvalue weighted by Crippen LogP contribution is -2.18. The third kappa shape index (κ3) is 5.99. The summed E-state index contributed by atoms with van der Waals surface area (Å²) >= 11 is 7.26. The van der Waals surface area contributed by atoms with Gasteiger partial charge in [-0.05, 0) is 36.8 Å². The number of carbonyl (C=O) groups is 2. The molecular formula is C18H19ClN2O3S. The van der Waals surface area contributed by atoms with Crippen LogP contribution in [0.15, 0.2) is 42.5 Å². The molecule has 0 aromatic heterocycles. The topological polar surface area (TPSA) is 67.4 Å². The van der Waals surface area contributed by atoms with E-state index in [-0.39, 0.29) is 23.3 Å². The Morgan fingerprint density at radius 1 is 1.08 bits per heavy atom. The number of thioether (sulfide) groups is 1. The van der Waals surface area contributed by atoms with Crippen molar-refractivity contribution >= 4 is 46.6 Å². The number of rotatable bonds is 7. The van der Waals surface area contributed by atoms with Crippen molar-refractivity contribution < 1.29 is 14.3 Å². The van der Waals surface area contributed by atoms with Crippen LogP contribution in [0.3, 0.4) is 0 Å². The number of para-hydroxylation sites is 2. The Labute approximate surface area is 156 Å². The van der Waals surface area contributed by atoms with Gasteiger partial charge >= 0.3 is 0 Å². The first kappa shape index (κ1) is 19.1. The molecule has 2 N–H and O–H groups in total. The predicted molar refractivity (Wildman–Crippen MR) is 104 cm³/mol. The first-order chi connectivity index (χ1) is 12.0. The molecule has 0 aliphatic rings. The van der Waals surface area contributed by atoms with Gasteiger partial charge in [0.25, 0.3) is 0 Å². The van der Waals surface area contributed by atoms with Crippen LogP contribution in [0.2, 0.25) is 5.02 Å². The standard InChI is InChI=1S/C18H19ClN2O3S/c1-12-7-8-13(9-14(12)19)20-17(22)10-25-11-18(23)21-15-5-3-4-6-16(15)24-2/h3-9H,10-11H2,1-2H3,(H,20,22)(H,21,23). The summed E-state index contributed by atoms with van der Waals surface area (Å²) in [4.78, 5) is 23.9. The summed E-state index contributed by atoms with van der Waals surface area (Å²) in [5.74, 6) is 0.552. The molecule has 132 valence electrons. The SMILES string of the molecule is COc1ccccc1NC(=O)CSCC(=O)Nc1ccc(C)c(Cl)c1. The van der Waals surface area contributed by atoms with Gasteiger partial charge in [-0.25, -0.2) is 0 Å². The molecule has 0 aliphatic carbocycles. The molecule has 0 saturated carbocycles. The number of nitrogens with one attached hydrogen (secondary N) is 2. The van der Waals surface area contributed by atoms with Gasteiger partial charge in [0.05, 0.1) is 24.3 Å². The summed E-state index contributed by atoms with van der Waals surface area (Å²) in [6.07, 6.45) is 0. The highest BCUT2D eigenvalue weighted by Gasteiger charge is 2.09. The van der Waals surface area contributed by atoms with Crippen LogP contribution in [0.25, 0.3) is 0 Å². The highest BCUT2D eigenvalue weighted by atomic mass is 35.5. The zero-order chi connectivity index (χ0) is 18.2. The van der Waals surface area contributed by atoms with Gasteiger partial charge in [0.15, 0.2) is 0 Å². The van der Waals surface area contributed by atoms with Crippen LogP contribution in [0.1, 0.15) is 5.56 Å². The molecule has 2 rings (SSSR count). The lowest BCUT2D eigenvalue weighted by molar-refractivity contribution is -0.114. The second-order valence-electron chi connectivity index (χ2n) is 5.25. The van der Waals surface area contributed by atoms with Gasteiger partial charge in [0.1, 0.15) is 5.75 Å². The van der Waals surface area contributed by atoms with Crippen molar-refractivity contribution in [2.75, 3.05) is 29.2 Å². The van der Waals surface area contributed by atoms with Crippen LogP contribution in [-0.4, -0.2) is 30.4 Å². The zero-order valence-corrected chi connectivity index (χ0v) is 15.5. The Morgan fingerprint density at radius 3 is 2.44 bits per heavy atom. The molecule has 0 bridgehead atoms. The van der Waals surface area contributed by atoms with Crippen molar-refractivity contribution in [2.24, 2.45) is 0 Å². The summed E-state index contributed by atoms with van der Waals surface area (Å²) in [5, 5.41) is 6.12. The molecule has 5 nitrogen and oxygen atoms in total. The fraction of sp³-hybridized carbons (Fsp3) is 0.222. The van der Waals surface area contributed by atoms with E-state index in [0.717, 1.165) is 5.56 Å². The normalized spacial score (nSPS) is 10.2. The van der Waals surface area contributed by atoms with Crippen LogP contribution in [-0.2, 0) is 9.59 Å². The second kappa shape index (κ2) is 9.34. The third-order valence-corrected chi connectivity index (χ3v) is 4.64. The molecule has 2 aromatic rings. The van der Waals surface area contributed by atoms with Gasteiger partial charge in [-0.2, -0.15) is 0 Å². The van der Waals surface area contributed by atoms with E-state index in [1.54, 1.807) is 31.4 Å². The van der Waals surface area contributed by atoms with E-state index in [4.69, 9.17) is 16.3 Å². The van der Waals surface area contributed by atoms with Gasteiger partial charge in [-0.3, -0.25) is 9.59 Å². The van der Waals surface area contributed by atoms with E-state index in [1.165, 1.54) is 11.8 Å². The summed E-state index contributed by atoms with van der Waals surface area (Å²) in [6.45, 7) is 1.89. The molecule has 7 heteroatoms. The van der Waals surface area contributed by atoms with Gasteiger partial charge in [-0.1, -0.05) is 29.8 Å². The van der Waals surface area contributed by atoms with E-state index in [0.29, 0.717) is 22.1 Å². The molecule has 0 atom stereocenters. The Hall–Kier alpha value is -2.18. The third-order valence-electron chi connectivity index (χ3n) is 3.30. The Balaban J connectivity index is 1.76. The van der Waals surface area contributed by atoms with Crippen LogP contribution < -0.4 is 15.4 Å². The van der Waals surface area contributed by atoms with E-state index >= 15 is 0 Å². The molecule has 2 amide bonds. The average molecular weight is 379 g/mol. The number of anilines is 2. The minimum absolute atomic E-state index is 0.167. The highest BCUT2D eigenvalue weighted by molar-refractivity contribution is 8.00. The number of amides is 2. The van der Waals surface area contributed by atoms with Crippen molar-refractivity contribution in [3.8, 4) is 5.75 Å². The Morgan fingerprint density at radius 2 is 1.76 bits per heavy atom. The van der Waals surface area contributed by atoms with Crippen molar-refractivity contribution in [1.29, 1.82) is 0 Å². The van der Waals surface area contributed by atoms with Crippen molar-refractivity contribution in [1.82, 2.24) is 0 Å². The lowest BCUT2D eigenvalue weighted by atomic mass is 10.2. The summed E-state index contributed by atoms with van der Waals surface area (Å²) in [7, 11) is 1.54. The van der Waals surface area contributed by atoms with Gasteiger partial charge in [-0.15, -0.1) is 11.8 Å². The van der Waals surface area contributed by atoms with Gasteiger partial charge < -0.3 is 15.4 Å². The minimum atomic E-state index is -0.194. The molecule has 0 fully saturated rings. The van der Waals surface area contributed by atoms with Crippen LogP contribution in [0.4, 0.5) is 11.4 Å². The largest absolute Gasteiger partial charge is 0.495 e. The molecule has 2 aromatic carbocycles. The van der Waals surface area contributed by atoms with Crippen molar-refractivity contribution in [3.63, 3.8) is 0 Å². The van der Waals surface area contributed by atoms with E-state index in [9.17, 15) is 9.59 Å². The zero-order valence-electron chi connectivity index (χ0n) is 14.0. The summed E-state index contributed by atoms with van der Waals surface area (Å²) in [6, 6.07) is 12.5. The number of methoxy groups -OCH3 is 1. The fourth-order valence-electron chi connectivity index (χ4n) is 2.04.